The van der Waals surface area contributed by atoms with Crippen LogP contribution in [0.15, 0.2) is 24.3 Å². The van der Waals surface area contributed by atoms with Crippen LogP contribution in [-0.4, -0.2) is 53.2 Å². The number of amidine groups is 1. The molecule has 8 nitrogen and oxygen atoms in total. The summed E-state index contributed by atoms with van der Waals surface area (Å²) in [7, 11) is 0. The number of aliphatic hydroxyl groups excluding tert-OH is 1. The summed E-state index contributed by atoms with van der Waals surface area (Å²) in [5.74, 6) is 0.381. The number of amides is 2. The van der Waals surface area contributed by atoms with Crippen molar-refractivity contribution in [1.82, 2.24) is 5.32 Å². The molecular weight excluding hydrogens is 440 g/mol. The van der Waals surface area contributed by atoms with Gasteiger partial charge in [-0.25, -0.2) is 0 Å². The van der Waals surface area contributed by atoms with E-state index in [4.69, 9.17) is 11.1 Å². The van der Waals surface area contributed by atoms with E-state index >= 15 is 0 Å². The van der Waals surface area contributed by atoms with Gasteiger partial charge in [0.2, 0.25) is 11.8 Å². The Labute approximate surface area is 201 Å². The third kappa shape index (κ3) is 13.0. The number of hydrogen-bond donors (Lipinski definition) is 5. The van der Waals surface area contributed by atoms with Crippen LogP contribution in [0.3, 0.4) is 0 Å². The zero-order chi connectivity index (χ0) is 24.6. The maximum atomic E-state index is 12.1. The molecule has 2 amide bonds. The molecule has 6 N–H and O–H groups in total. The van der Waals surface area contributed by atoms with Gasteiger partial charge in [-0.15, -0.1) is 0 Å². The van der Waals surface area contributed by atoms with Crippen LogP contribution in [-0.2, 0) is 14.4 Å². The van der Waals surface area contributed by atoms with E-state index < -0.39 is 0 Å². The van der Waals surface area contributed by atoms with Crippen LogP contribution < -0.4 is 16.4 Å². The van der Waals surface area contributed by atoms with Gasteiger partial charge in [0.05, 0.1) is 5.75 Å². The lowest BCUT2D eigenvalue weighted by Crippen LogP contribution is -2.37. The Kier molecular flexibility index (Phi) is 14.1. The molecule has 0 spiro atoms. The monoisotopic (exact) mass is 478 g/mol. The van der Waals surface area contributed by atoms with Gasteiger partial charge < -0.3 is 21.5 Å². The van der Waals surface area contributed by atoms with Gasteiger partial charge in [0.1, 0.15) is 11.6 Å². The van der Waals surface area contributed by atoms with E-state index in [2.05, 4.69) is 10.6 Å². The molecule has 0 fully saturated rings. The maximum Gasteiger partial charge on any atom is 0.230 e. The average Bonchev–Trinajstić information content (AvgIpc) is 2.77. The Bertz CT molecular complexity index is 770. The summed E-state index contributed by atoms with van der Waals surface area (Å²) in [6.45, 7) is 2.06. The van der Waals surface area contributed by atoms with E-state index in [0.717, 1.165) is 32.1 Å². The number of benzene rings is 1. The van der Waals surface area contributed by atoms with Gasteiger partial charge in [-0.3, -0.25) is 19.8 Å². The summed E-state index contributed by atoms with van der Waals surface area (Å²) >= 11 is 1.48. The van der Waals surface area contributed by atoms with Crippen LogP contribution in [0.25, 0.3) is 0 Å². The van der Waals surface area contributed by atoms with E-state index in [1.54, 1.807) is 24.3 Å². The van der Waals surface area contributed by atoms with Crippen LogP contribution in [0.2, 0.25) is 0 Å². The smallest absolute Gasteiger partial charge is 0.230 e. The quantitative estimate of drug-likeness (QED) is 0.132. The number of hydrogen-bond acceptors (Lipinski definition) is 6. The van der Waals surface area contributed by atoms with Gasteiger partial charge in [0.15, 0.2) is 0 Å². The summed E-state index contributed by atoms with van der Waals surface area (Å²) in [6, 6.07) is 6.71. The molecule has 0 radical (unpaired) electrons. The summed E-state index contributed by atoms with van der Waals surface area (Å²) in [4.78, 5) is 36.1. The summed E-state index contributed by atoms with van der Waals surface area (Å²) in [5, 5.41) is 22.5. The number of carbonyl (C=O) groups excluding carboxylic acids is 3. The highest BCUT2D eigenvalue weighted by molar-refractivity contribution is 7.99. The molecule has 0 heterocycles. The van der Waals surface area contributed by atoms with E-state index in [1.807, 2.05) is 13.2 Å². The molecule has 0 aliphatic heterocycles. The number of rotatable bonds is 17. The Morgan fingerprint density at radius 1 is 1.06 bits per heavy atom. The van der Waals surface area contributed by atoms with Gasteiger partial charge in [-0.1, -0.05) is 19.8 Å². The number of Topliss-reactive ketones (excluding diaryl/α,β-unsaturated/α-hetero) is 1. The predicted molar refractivity (Wildman–Crippen MR) is 135 cm³/mol. The van der Waals surface area contributed by atoms with Gasteiger partial charge in [-0.05, 0) is 55.7 Å². The third-order valence-corrected chi connectivity index (χ3v) is 5.81. The van der Waals surface area contributed by atoms with E-state index in [-0.39, 0.29) is 54.8 Å². The fourth-order valence-electron chi connectivity index (χ4n) is 3.43. The number of unbranched alkanes of at least 4 members (excludes halogenated alkanes) is 2. The zero-order valence-electron chi connectivity index (χ0n) is 19.7. The highest BCUT2D eigenvalue weighted by atomic mass is 32.2. The van der Waals surface area contributed by atoms with Crippen LogP contribution in [0.1, 0.15) is 63.9 Å². The van der Waals surface area contributed by atoms with Crippen molar-refractivity contribution in [3.05, 3.63) is 29.8 Å². The minimum absolute atomic E-state index is 0.0147. The maximum absolute atomic E-state index is 12.1. The SMILES string of the molecule is CSCC(=O)NC(CCCCCC(=O)CCC(=O)Nc1ccc(C(=N)N)cc1)CC(C)CO. The highest BCUT2D eigenvalue weighted by Crippen LogP contribution is 2.15. The Hall–Kier alpha value is -2.39. The van der Waals surface area contributed by atoms with Crippen molar-refractivity contribution >= 4 is 40.9 Å². The molecule has 1 rings (SSSR count). The Balaban J connectivity index is 2.25. The molecule has 1 aromatic carbocycles. The largest absolute Gasteiger partial charge is 0.396 e. The van der Waals surface area contributed by atoms with Gasteiger partial charge in [0, 0.05) is 43.2 Å². The minimum Gasteiger partial charge on any atom is -0.396 e. The second-order valence-corrected chi connectivity index (χ2v) is 9.26. The van der Waals surface area contributed by atoms with Crippen molar-refractivity contribution in [2.24, 2.45) is 11.7 Å². The molecule has 2 atom stereocenters. The number of carbonyl (C=O) groups is 3. The predicted octanol–water partition coefficient (Wildman–Crippen LogP) is 3.08. The first kappa shape index (κ1) is 28.6. The first-order valence-electron chi connectivity index (χ1n) is 11.4. The van der Waals surface area contributed by atoms with E-state index in [0.29, 0.717) is 23.4 Å². The van der Waals surface area contributed by atoms with Crippen LogP contribution in [0.5, 0.6) is 0 Å². The molecular formula is C24H38N4O4S. The average molecular weight is 479 g/mol. The number of nitrogens with one attached hydrogen (secondary N) is 3. The molecule has 2 unspecified atom stereocenters. The van der Waals surface area contributed by atoms with Crippen molar-refractivity contribution in [3.63, 3.8) is 0 Å². The zero-order valence-corrected chi connectivity index (χ0v) is 20.5. The molecule has 0 aliphatic carbocycles. The Morgan fingerprint density at radius 2 is 1.76 bits per heavy atom. The van der Waals surface area contributed by atoms with Gasteiger partial charge >= 0.3 is 0 Å². The van der Waals surface area contributed by atoms with Crippen molar-refractivity contribution in [3.8, 4) is 0 Å². The first-order chi connectivity index (χ1) is 15.7. The molecule has 184 valence electrons. The summed E-state index contributed by atoms with van der Waals surface area (Å²) in [5.41, 5.74) is 6.59. The topological polar surface area (TPSA) is 145 Å². The number of nitrogens with two attached hydrogens (primary N) is 1. The summed E-state index contributed by atoms with van der Waals surface area (Å²) in [6.07, 6.45) is 6.76. The fraction of sp³-hybridized carbons (Fsp3) is 0.583. The van der Waals surface area contributed by atoms with Crippen molar-refractivity contribution in [1.29, 1.82) is 5.41 Å². The Morgan fingerprint density at radius 3 is 2.36 bits per heavy atom. The normalized spacial score (nSPS) is 12.6. The molecule has 0 aromatic heterocycles. The van der Waals surface area contributed by atoms with E-state index in [1.165, 1.54) is 11.8 Å². The standard InChI is InChI=1S/C24H38N4O4S/c1-17(15-29)14-20(28-23(32)16-33-2)6-4-3-5-7-21(30)12-13-22(31)27-19-10-8-18(9-11-19)24(25)26/h8-11,17,20,29H,3-7,12-16H2,1-2H3,(H3,25,26)(H,27,31)(H,28,32). The second-order valence-electron chi connectivity index (χ2n) is 8.40. The van der Waals surface area contributed by atoms with E-state index in [9.17, 15) is 19.5 Å². The van der Waals surface area contributed by atoms with Crippen molar-refractivity contribution in [2.75, 3.05) is 23.9 Å². The molecule has 0 saturated heterocycles. The lowest BCUT2D eigenvalue weighted by atomic mass is 9.97. The first-order valence-corrected chi connectivity index (χ1v) is 12.8. The molecule has 0 saturated carbocycles. The van der Waals surface area contributed by atoms with Gasteiger partial charge in [-0.2, -0.15) is 11.8 Å². The fourth-order valence-corrected chi connectivity index (χ4v) is 3.78. The number of aliphatic hydroxyl groups is 1. The number of thioether (sulfide) groups is 1. The lowest BCUT2D eigenvalue weighted by Gasteiger charge is -2.21. The van der Waals surface area contributed by atoms with Crippen LogP contribution >= 0.6 is 11.8 Å². The highest BCUT2D eigenvalue weighted by Gasteiger charge is 2.15. The van der Waals surface area contributed by atoms with Gasteiger partial charge in [0.25, 0.3) is 0 Å². The molecule has 1 aromatic rings. The molecule has 9 heteroatoms. The van der Waals surface area contributed by atoms with Crippen LogP contribution in [0, 0.1) is 11.3 Å². The minimum atomic E-state index is -0.222. The molecule has 0 bridgehead atoms. The van der Waals surface area contributed by atoms with Crippen molar-refractivity contribution < 1.29 is 19.5 Å². The third-order valence-electron chi connectivity index (χ3n) is 5.26. The summed E-state index contributed by atoms with van der Waals surface area (Å²) < 4.78 is 0. The number of nitrogen functional groups attached to an aromatic ring is 1. The number of ketones is 1. The second kappa shape index (κ2) is 16.3. The number of anilines is 1. The van der Waals surface area contributed by atoms with Crippen LogP contribution in [0.4, 0.5) is 5.69 Å². The van der Waals surface area contributed by atoms with Crippen molar-refractivity contribution in [2.45, 2.75) is 64.3 Å². The lowest BCUT2D eigenvalue weighted by molar-refractivity contribution is -0.123. The molecule has 0 aliphatic rings. The molecule has 33 heavy (non-hydrogen) atoms.